The highest BCUT2D eigenvalue weighted by Crippen LogP contribution is 2.24. The summed E-state index contributed by atoms with van der Waals surface area (Å²) >= 11 is 1.45. The second-order valence-corrected chi connectivity index (χ2v) is 5.22. The van der Waals surface area contributed by atoms with E-state index >= 15 is 0 Å². The zero-order chi connectivity index (χ0) is 13.4. The molecule has 0 radical (unpaired) electrons. The van der Waals surface area contributed by atoms with E-state index in [0.29, 0.717) is 22.7 Å². The molecule has 2 aromatic heterocycles. The first kappa shape index (κ1) is 12.0. The average molecular weight is 277 g/mol. The molecule has 0 saturated carbocycles. The number of aromatic nitrogens is 2. The van der Waals surface area contributed by atoms with Crippen molar-refractivity contribution in [3.05, 3.63) is 36.2 Å². The molecule has 1 aliphatic heterocycles. The molecule has 1 fully saturated rings. The van der Waals surface area contributed by atoms with Crippen LogP contribution in [0, 0.1) is 0 Å². The Labute approximate surface area is 113 Å². The van der Waals surface area contributed by atoms with Gasteiger partial charge < -0.3 is 10.0 Å². The third-order valence-corrected chi connectivity index (χ3v) is 4.10. The molecule has 1 N–H and O–H groups in total. The van der Waals surface area contributed by atoms with Crippen molar-refractivity contribution in [1.82, 2.24) is 14.5 Å². The lowest BCUT2D eigenvalue weighted by Crippen LogP contribution is -2.41. The molecule has 6 nitrogen and oxygen atoms in total. The van der Waals surface area contributed by atoms with Crippen molar-refractivity contribution in [3.63, 3.8) is 0 Å². The molecule has 1 atom stereocenters. The van der Waals surface area contributed by atoms with Crippen LogP contribution in [-0.4, -0.2) is 49.2 Å². The van der Waals surface area contributed by atoms with Crippen molar-refractivity contribution in [2.75, 3.05) is 11.6 Å². The maximum absolute atomic E-state index is 12.4. The number of fused-ring (bicyclic) bond motifs is 1. The van der Waals surface area contributed by atoms with Crippen LogP contribution in [0.15, 0.2) is 30.6 Å². The maximum Gasteiger partial charge on any atom is 0.327 e. The van der Waals surface area contributed by atoms with E-state index in [1.54, 1.807) is 16.8 Å². The van der Waals surface area contributed by atoms with Crippen molar-refractivity contribution in [1.29, 1.82) is 0 Å². The molecule has 1 aliphatic rings. The largest absolute Gasteiger partial charge is 0.480 e. The monoisotopic (exact) mass is 277 g/mol. The number of thioether (sulfide) groups is 1. The highest BCUT2D eigenvalue weighted by molar-refractivity contribution is 7.99. The summed E-state index contributed by atoms with van der Waals surface area (Å²) in [7, 11) is 0. The van der Waals surface area contributed by atoms with E-state index in [0.717, 1.165) is 0 Å². The van der Waals surface area contributed by atoms with Gasteiger partial charge in [0, 0.05) is 11.9 Å². The van der Waals surface area contributed by atoms with Gasteiger partial charge in [-0.2, -0.15) is 5.10 Å². The number of carboxylic acid groups (broad SMARTS) is 1. The van der Waals surface area contributed by atoms with Gasteiger partial charge in [-0.15, -0.1) is 11.8 Å². The number of hydrogen-bond donors (Lipinski definition) is 1. The fourth-order valence-electron chi connectivity index (χ4n) is 2.10. The van der Waals surface area contributed by atoms with Crippen LogP contribution in [0.4, 0.5) is 0 Å². The number of amides is 1. The first-order valence-corrected chi connectivity index (χ1v) is 6.88. The Kier molecular flexibility index (Phi) is 2.90. The van der Waals surface area contributed by atoms with Gasteiger partial charge in [0.25, 0.3) is 5.91 Å². The summed E-state index contributed by atoms with van der Waals surface area (Å²) in [5, 5.41) is 13.2. The Hall–Kier alpha value is -2.02. The molecule has 1 unspecified atom stereocenters. The van der Waals surface area contributed by atoms with Crippen LogP contribution in [0.5, 0.6) is 0 Å². The van der Waals surface area contributed by atoms with Crippen LogP contribution in [0.1, 0.15) is 10.4 Å². The molecule has 0 aromatic carbocycles. The molecular weight excluding hydrogens is 266 g/mol. The van der Waals surface area contributed by atoms with Crippen LogP contribution in [0.3, 0.4) is 0 Å². The van der Waals surface area contributed by atoms with Gasteiger partial charge in [-0.3, -0.25) is 4.79 Å². The lowest BCUT2D eigenvalue weighted by atomic mass is 10.2. The molecule has 7 heteroatoms. The molecule has 0 spiro atoms. The van der Waals surface area contributed by atoms with Gasteiger partial charge in [0.2, 0.25) is 0 Å². The number of aliphatic carboxylic acids is 1. The zero-order valence-corrected chi connectivity index (χ0v) is 10.7. The van der Waals surface area contributed by atoms with Crippen molar-refractivity contribution in [2.45, 2.75) is 6.04 Å². The van der Waals surface area contributed by atoms with Gasteiger partial charge in [0.1, 0.15) is 6.04 Å². The van der Waals surface area contributed by atoms with E-state index in [4.69, 9.17) is 5.11 Å². The second-order valence-electron chi connectivity index (χ2n) is 4.22. The highest BCUT2D eigenvalue weighted by Gasteiger charge is 2.35. The van der Waals surface area contributed by atoms with Crippen molar-refractivity contribution in [2.24, 2.45) is 0 Å². The second kappa shape index (κ2) is 4.58. The third-order valence-electron chi connectivity index (χ3n) is 3.09. The smallest absolute Gasteiger partial charge is 0.327 e. The zero-order valence-electron chi connectivity index (χ0n) is 9.89. The van der Waals surface area contributed by atoms with E-state index in [2.05, 4.69) is 5.10 Å². The summed E-state index contributed by atoms with van der Waals surface area (Å²) in [6.45, 7) is 0. The summed E-state index contributed by atoms with van der Waals surface area (Å²) < 4.78 is 1.60. The van der Waals surface area contributed by atoms with E-state index < -0.39 is 12.0 Å². The lowest BCUT2D eigenvalue weighted by molar-refractivity contribution is -0.140. The van der Waals surface area contributed by atoms with Gasteiger partial charge in [0.15, 0.2) is 0 Å². The predicted molar refractivity (Wildman–Crippen MR) is 70.1 cm³/mol. The van der Waals surface area contributed by atoms with Gasteiger partial charge in [-0.25, -0.2) is 9.31 Å². The summed E-state index contributed by atoms with van der Waals surface area (Å²) in [6.07, 6.45) is 3.24. The molecule has 1 amide bonds. The van der Waals surface area contributed by atoms with Crippen molar-refractivity contribution in [3.8, 4) is 0 Å². The van der Waals surface area contributed by atoms with Gasteiger partial charge >= 0.3 is 5.97 Å². The Morgan fingerprint density at radius 3 is 3.05 bits per heavy atom. The molecule has 2 aromatic rings. The molecule has 3 rings (SSSR count). The first-order valence-electron chi connectivity index (χ1n) is 5.72. The summed E-state index contributed by atoms with van der Waals surface area (Å²) in [5.41, 5.74) is 1.13. The quantitative estimate of drug-likeness (QED) is 0.884. The summed E-state index contributed by atoms with van der Waals surface area (Å²) in [5.74, 6) is -0.409. The first-order chi connectivity index (χ1) is 9.18. The number of carbonyl (C=O) groups is 2. The Balaban J connectivity index is 1.98. The molecule has 3 heterocycles. The fraction of sp³-hybridized carbons (Fsp3) is 0.250. The van der Waals surface area contributed by atoms with E-state index in [1.807, 2.05) is 12.1 Å². The molecule has 0 aliphatic carbocycles. The Morgan fingerprint density at radius 1 is 1.42 bits per heavy atom. The molecule has 1 saturated heterocycles. The van der Waals surface area contributed by atoms with Gasteiger partial charge in [0.05, 0.1) is 23.2 Å². The molecule has 98 valence electrons. The topological polar surface area (TPSA) is 74.9 Å². The number of pyridine rings is 1. The summed E-state index contributed by atoms with van der Waals surface area (Å²) in [6, 6.07) is 4.68. The van der Waals surface area contributed by atoms with Gasteiger partial charge in [-0.1, -0.05) is 6.07 Å². The van der Waals surface area contributed by atoms with Crippen LogP contribution in [0.25, 0.3) is 5.52 Å². The molecule has 19 heavy (non-hydrogen) atoms. The average Bonchev–Trinajstić information content (AvgIpc) is 3.05. The van der Waals surface area contributed by atoms with E-state index in [9.17, 15) is 9.59 Å². The van der Waals surface area contributed by atoms with E-state index in [-0.39, 0.29) is 5.91 Å². The Bertz CT molecular complexity index is 654. The van der Waals surface area contributed by atoms with Crippen LogP contribution >= 0.6 is 11.8 Å². The normalized spacial score (nSPS) is 18.9. The SMILES string of the molecule is O=C(O)C1CSCN1C(=O)c1cnn2ccccc12. The highest BCUT2D eigenvalue weighted by atomic mass is 32.2. The van der Waals surface area contributed by atoms with Crippen LogP contribution in [0.2, 0.25) is 0 Å². The van der Waals surface area contributed by atoms with Crippen molar-refractivity contribution >= 4 is 29.2 Å². The third kappa shape index (κ3) is 1.95. The molecular formula is C12H11N3O3S. The number of rotatable bonds is 2. The van der Waals surface area contributed by atoms with E-state index in [1.165, 1.54) is 22.9 Å². The number of hydrogen-bond acceptors (Lipinski definition) is 4. The number of carbonyl (C=O) groups excluding carboxylic acids is 1. The minimum atomic E-state index is -0.963. The van der Waals surface area contributed by atoms with Crippen molar-refractivity contribution < 1.29 is 14.7 Å². The minimum Gasteiger partial charge on any atom is -0.480 e. The lowest BCUT2D eigenvalue weighted by Gasteiger charge is -2.19. The summed E-state index contributed by atoms with van der Waals surface area (Å²) in [4.78, 5) is 24.9. The number of carboxylic acids is 1. The van der Waals surface area contributed by atoms with Gasteiger partial charge in [-0.05, 0) is 12.1 Å². The standard InChI is InChI=1S/C12H11N3O3S/c16-11(14-7-19-6-10(14)12(17)18)8-5-13-15-4-2-1-3-9(8)15/h1-5,10H,6-7H2,(H,17,18). The number of nitrogens with zero attached hydrogens (tertiary/aromatic N) is 3. The van der Waals surface area contributed by atoms with Crippen LogP contribution in [-0.2, 0) is 4.79 Å². The Morgan fingerprint density at radius 2 is 2.26 bits per heavy atom. The molecule has 0 bridgehead atoms. The van der Waals surface area contributed by atoms with Crippen LogP contribution < -0.4 is 0 Å². The minimum absolute atomic E-state index is 0.279. The predicted octanol–water partition coefficient (Wildman–Crippen LogP) is 0.934. The maximum atomic E-state index is 12.4. The fourth-order valence-corrected chi connectivity index (χ4v) is 3.25.